The number of hydrogen-bond donors (Lipinski definition) is 3. The van der Waals surface area contributed by atoms with Gasteiger partial charge in [0.2, 0.25) is 11.8 Å². The van der Waals surface area contributed by atoms with Gasteiger partial charge in [0.25, 0.3) is 0 Å². The molecule has 0 aliphatic carbocycles. The van der Waals surface area contributed by atoms with Gasteiger partial charge in [-0.15, -0.1) is 12.3 Å². The summed E-state index contributed by atoms with van der Waals surface area (Å²) in [4.78, 5) is 22.3. The van der Waals surface area contributed by atoms with Crippen LogP contribution < -0.4 is 16.4 Å². The molecule has 0 saturated carbocycles. The zero-order chi connectivity index (χ0) is 11.7. The first-order valence-electron chi connectivity index (χ1n) is 4.85. The van der Waals surface area contributed by atoms with Crippen LogP contribution in [0, 0.1) is 12.3 Å². The van der Waals surface area contributed by atoms with Crippen LogP contribution in [0.15, 0.2) is 0 Å². The standard InChI is InChI=1S/C10H17N3O2/c1-3-5-8(11)10(15)13-7-9(14)12-6-4-2/h1,8H,4-7,11H2,2H3,(H,12,14)(H,13,15). The Morgan fingerprint density at radius 2 is 2.13 bits per heavy atom. The Kier molecular flexibility index (Phi) is 7.02. The number of nitrogens with two attached hydrogens (primary N) is 1. The molecule has 1 atom stereocenters. The van der Waals surface area contributed by atoms with Crippen molar-refractivity contribution in [1.29, 1.82) is 0 Å². The van der Waals surface area contributed by atoms with E-state index in [9.17, 15) is 9.59 Å². The first kappa shape index (κ1) is 13.5. The average molecular weight is 211 g/mol. The fourth-order valence-electron chi connectivity index (χ4n) is 0.845. The summed E-state index contributed by atoms with van der Waals surface area (Å²) in [6.45, 7) is 2.49. The van der Waals surface area contributed by atoms with Gasteiger partial charge in [0, 0.05) is 13.0 Å². The van der Waals surface area contributed by atoms with E-state index in [0.29, 0.717) is 6.54 Å². The molecule has 2 amide bonds. The van der Waals surface area contributed by atoms with Crippen LogP contribution >= 0.6 is 0 Å². The van der Waals surface area contributed by atoms with E-state index in [1.807, 2.05) is 6.92 Å². The highest BCUT2D eigenvalue weighted by atomic mass is 16.2. The first-order valence-corrected chi connectivity index (χ1v) is 4.85. The van der Waals surface area contributed by atoms with Crippen LogP contribution in [-0.4, -0.2) is 30.9 Å². The van der Waals surface area contributed by atoms with E-state index < -0.39 is 11.9 Å². The largest absolute Gasteiger partial charge is 0.355 e. The molecular formula is C10H17N3O2. The minimum Gasteiger partial charge on any atom is -0.355 e. The van der Waals surface area contributed by atoms with E-state index in [0.717, 1.165) is 6.42 Å². The van der Waals surface area contributed by atoms with Gasteiger partial charge in [-0.1, -0.05) is 6.92 Å². The predicted octanol–water partition coefficient (Wildman–Crippen LogP) is -1.02. The van der Waals surface area contributed by atoms with E-state index in [2.05, 4.69) is 16.6 Å². The third kappa shape index (κ3) is 6.52. The Bertz CT molecular complexity index is 258. The quantitative estimate of drug-likeness (QED) is 0.492. The predicted molar refractivity (Wildman–Crippen MR) is 57.7 cm³/mol. The lowest BCUT2D eigenvalue weighted by Gasteiger charge is -2.09. The zero-order valence-corrected chi connectivity index (χ0v) is 8.88. The SMILES string of the molecule is C#CCC(N)C(=O)NCC(=O)NCCC. The summed E-state index contributed by atoms with van der Waals surface area (Å²) in [5.74, 6) is 1.66. The van der Waals surface area contributed by atoms with Crippen molar-refractivity contribution in [2.75, 3.05) is 13.1 Å². The van der Waals surface area contributed by atoms with Crippen molar-refractivity contribution < 1.29 is 9.59 Å². The molecular weight excluding hydrogens is 194 g/mol. The molecule has 0 spiro atoms. The van der Waals surface area contributed by atoms with E-state index in [1.165, 1.54) is 0 Å². The molecule has 0 aromatic heterocycles. The van der Waals surface area contributed by atoms with Crippen molar-refractivity contribution in [3.8, 4) is 12.3 Å². The fourth-order valence-corrected chi connectivity index (χ4v) is 0.845. The maximum absolute atomic E-state index is 11.2. The van der Waals surface area contributed by atoms with Gasteiger partial charge >= 0.3 is 0 Å². The molecule has 5 heteroatoms. The summed E-state index contributed by atoms with van der Waals surface area (Å²) >= 11 is 0. The van der Waals surface area contributed by atoms with Crippen LogP contribution in [0.25, 0.3) is 0 Å². The molecule has 0 bridgehead atoms. The summed E-state index contributed by atoms with van der Waals surface area (Å²) in [5, 5.41) is 5.03. The topological polar surface area (TPSA) is 84.2 Å². The Morgan fingerprint density at radius 3 is 2.67 bits per heavy atom. The summed E-state index contributed by atoms with van der Waals surface area (Å²) in [6, 6.07) is -0.742. The maximum Gasteiger partial charge on any atom is 0.239 e. The molecule has 0 rings (SSSR count). The maximum atomic E-state index is 11.2. The highest BCUT2D eigenvalue weighted by Crippen LogP contribution is 1.84. The van der Waals surface area contributed by atoms with Gasteiger partial charge in [-0.05, 0) is 6.42 Å². The molecule has 0 aromatic rings. The van der Waals surface area contributed by atoms with Gasteiger partial charge in [-0.2, -0.15) is 0 Å². The molecule has 15 heavy (non-hydrogen) atoms. The number of rotatable bonds is 6. The van der Waals surface area contributed by atoms with Crippen molar-refractivity contribution in [1.82, 2.24) is 10.6 Å². The van der Waals surface area contributed by atoms with Gasteiger partial charge in [-0.25, -0.2) is 0 Å². The molecule has 0 fully saturated rings. The summed E-state index contributed by atoms with van der Waals surface area (Å²) in [5.41, 5.74) is 5.43. The Hall–Kier alpha value is -1.54. The highest BCUT2D eigenvalue weighted by Gasteiger charge is 2.12. The summed E-state index contributed by atoms with van der Waals surface area (Å²) in [7, 11) is 0. The van der Waals surface area contributed by atoms with Gasteiger partial charge < -0.3 is 16.4 Å². The average Bonchev–Trinajstić information content (AvgIpc) is 2.23. The molecule has 0 heterocycles. The smallest absolute Gasteiger partial charge is 0.239 e. The second kappa shape index (κ2) is 7.83. The lowest BCUT2D eigenvalue weighted by atomic mass is 10.2. The number of nitrogens with one attached hydrogen (secondary N) is 2. The van der Waals surface area contributed by atoms with Crippen LogP contribution in [-0.2, 0) is 9.59 Å². The number of carbonyl (C=O) groups excluding carboxylic acids is 2. The van der Waals surface area contributed by atoms with Crippen LogP contribution in [0.3, 0.4) is 0 Å². The number of carbonyl (C=O) groups is 2. The molecule has 84 valence electrons. The molecule has 1 unspecified atom stereocenters. The third-order valence-electron chi connectivity index (χ3n) is 1.67. The van der Waals surface area contributed by atoms with Gasteiger partial charge in [0.15, 0.2) is 0 Å². The van der Waals surface area contributed by atoms with Crippen LogP contribution in [0.5, 0.6) is 0 Å². The number of amides is 2. The second-order valence-electron chi connectivity index (χ2n) is 3.08. The van der Waals surface area contributed by atoms with E-state index >= 15 is 0 Å². The Labute approximate surface area is 89.8 Å². The van der Waals surface area contributed by atoms with E-state index in [4.69, 9.17) is 12.2 Å². The number of hydrogen-bond acceptors (Lipinski definition) is 3. The molecule has 5 nitrogen and oxygen atoms in total. The second-order valence-corrected chi connectivity index (χ2v) is 3.08. The van der Waals surface area contributed by atoms with Crippen LogP contribution in [0.4, 0.5) is 0 Å². The third-order valence-corrected chi connectivity index (χ3v) is 1.67. The lowest BCUT2D eigenvalue weighted by molar-refractivity contribution is -0.126. The molecule has 0 saturated heterocycles. The van der Waals surface area contributed by atoms with Crippen molar-refractivity contribution in [3.63, 3.8) is 0 Å². The van der Waals surface area contributed by atoms with Gasteiger partial charge in [0.05, 0.1) is 12.6 Å². The van der Waals surface area contributed by atoms with Crippen LogP contribution in [0.1, 0.15) is 19.8 Å². The zero-order valence-electron chi connectivity index (χ0n) is 8.88. The summed E-state index contributed by atoms with van der Waals surface area (Å²) < 4.78 is 0. The molecule has 4 N–H and O–H groups in total. The molecule has 0 radical (unpaired) electrons. The van der Waals surface area contributed by atoms with E-state index in [-0.39, 0.29) is 18.9 Å². The van der Waals surface area contributed by atoms with Gasteiger partial charge in [-0.3, -0.25) is 9.59 Å². The lowest BCUT2D eigenvalue weighted by Crippen LogP contribution is -2.44. The minimum atomic E-state index is -0.742. The van der Waals surface area contributed by atoms with Crippen molar-refractivity contribution in [2.24, 2.45) is 5.73 Å². The fraction of sp³-hybridized carbons (Fsp3) is 0.600. The van der Waals surface area contributed by atoms with E-state index in [1.54, 1.807) is 0 Å². The highest BCUT2D eigenvalue weighted by molar-refractivity contribution is 5.87. The Morgan fingerprint density at radius 1 is 1.47 bits per heavy atom. The molecule has 0 aliphatic rings. The van der Waals surface area contributed by atoms with Crippen molar-refractivity contribution in [2.45, 2.75) is 25.8 Å². The van der Waals surface area contributed by atoms with Crippen molar-refractivity contribution >= 4 is 11.8 Å². The molecule has 0 aromatic carbocycles. The minimum absolute atomic E-state index is 0.0584. The Balaban J connectivity index is 3.71. The molecule has 0 aliphatic heterocycles. The monoisotopic (exact) mass is 211 g/mol. The normalized spacial score (nSPS) is 11.3. The summed E-state index contributed by atoms with van der Waals surface area (Å²) in [6.07, 6.45) is 6.03. The van der Waals surface area contributed by atoms with Gasteiger partial charge in [0.1, 0.15) is 0 Å². The first-order chi connectivity index (χ1) is 7.11. The number of terminal acetylenes is 1. The van der Waals surface area contributed by atoms with Crippen LogP contribution in [0.2, 0.25) is 0 Å². The van der Waals surface area contributed by atoms with Crippen molar-refractivity contribution in [3.05, 3.63) is 0 Å².